The molecule has 2 aromatic rings. The maximum absolute atomic E-state index is 14.7. The van der Waals surface area contributed by atoms with Crippen LogP contribution in [-0.2, 0) is 23.8 Å². The number of hydrogen-bond acceptors (Lipinski definition) is 6. The fourth-order valence-corrected chi connectivity index (χ4v) is 2.87. The summed E-state index contributed by atoms with van der Waals surface area (Å²) in [7, 11) is 0. The molecule has 162 valence electrons. The minimum atomic E-state index is -3.86. The van der Waals surface area contributed by atoms with Gasteiger partial charge >= 0.3 is 17.9 Å². The molecule has 1 saturated heterocycles. The molecule has 0 aliphatic carbocycles. The third-order valence-corrected chi connectivity index (χ3v) is 4.40. The number of aliphatic hydroxyl groups excluding tert-OH is 1. The number of aliphatic hydroxyl groups is 1. The van der Waals surface area contributed by atoms with Crippen LogP contribution in [0.5, 0.6) is 0 Å². The third-order valence-electron chi connectivity index (χ3n) is 4.40. The van der Waals surface area contributed by atoms with Crippen LogP contribution < -0.4 is 0 Å². The molecule has 1 aliphatic heterocycles. The fourth-order valence-electron chi connectivity index (χ4n) is 2.87. The minimum Gasteiger partial charge on any atom is -0.450 e. The zero-order valence-electron chi connectivity index (χ0n) is 16.3. The van der Waals surface area contributed by atoms with Gasteiger partial charge in [-0.2, -0.15) is 8.78 Å². The monoisotopic (exact) mass is 430 g/mol. The first-order valence-corrected chi connectivity index (χ1v) is 9.42. The van der Waals surface area contributed by atoms with Gasteiger partial charge in [0, 0.05) is 12.2 Å². The Morgan fingerprint density at radius 3 is 1.87 bits per heavy atom. The highest BCUT2D eigenvalue weighted by atomic mass is 19.3. The van der Waals surface area contributed by atoms with Gasteiger partial charge in [0.15, 0.2) is 0 Å². The number of halogens is 2. The van der Waals surface area contributed by atoms with Crippen LogP contribution in [0.4, 0.5) is 8.78 Å². The second-order valence-corrected chi connectivity index (χ2v) is 6.65. The summed E-state index contributed by atoms with van der Waals surface area (Å²) >= 11 is 0. The van der Waals surface area contributed by atoms with E-state index in [1.807, 2.05) is 0 Å². The van der Waals surface area contributed by atoms with E-state index < -0.39 is 43.0 Å². The van der Waals surface area contributed by atoms with Gasteiger partial charge in [-0.1, -0.05) is 60.7 Å². The molecule has 1 fully saturated rings. The molecule has 1 N–H and O–H groups in total. The van der Waals surface area contributed by atoms with E-state index >= 15 is 0 Å². The molecule has 8 heteroatoms. The van der Waals surface area contributed by atoms with Crippen molar-refractivity contribution in [2.75, 3.05) is 6.61 Å². The Morgan fingerprint density at radius 2 is 1.39 bits per heavy atom. The van der Waals surface area contributed by atoms with Crippen LogP contribution in [0.15, 0.2) is 72.8 Å². The van der Waals surface area contributed by atoms with Crippen molar-refractivity contribution in [2.24, 2.45) is 0 Å². The van der Waals surface area contributed by atoms with Crippen LogP contribution in [-0.4, -0.2) is 48.1 Å². The third kappa shape index (κ3) is 5.84. The Labute approximate surface area is 177 Å². The van der Waals surface area contributed by atoms with Crippen molar-refractivity contribution in [3.05, 3.63) is 83.9 Å². The van der Waals surface area contributed by atoms with E-state index in [4.69, 9.17) is 14.2 Å². The summed E-state index contributed by atoms with van der Waals surface area (Å²) in [4.78, 5) is 24.0. The topological polar surface area (TPSA) is 82.1 Å². The van der Waals surface area contributed by atoms with Crippen molar-refractivity contribution >= 4 is 24.1 Å². The number of ether oxygens (including phenoxy) is 3. The van der Waals surface area contributed by atoms with Crippen molar-refractivity contribution in [1.29, 1.82) is 0 Å². The highest BCUT2D eigenvalue weighted by molar-refractivity contribution is 5.88. The lowest BCUT2D eigenvalue weighted by Crippen LogP contribution is -2.44. The van der Waals surface area contributed by atoms with Gasteiger partial charge in [-0.3, -0.25) is 0 Å². The Bertz CT molecular complexity index is 943. The average molecular weight is 430 g/mol. The number of hydrogen-bond donors (Lipinski definition) is 1. The quantitative estimate of drug-likeness (QED) is 0.537. The predicted octanol–water partition coefficient (Wildman–Crippen LogP) is 3.22. The summed E-state index contributed by atoms with van der Waals surface area (Å²) < 4.78 is 43.9. The van der Waals surface area contributed by atoms with Crippen molar-refractivity contribution in [3.63, 3.8) is 0 Å². The average Bonchev–Trinajstić information content (AvgIpc) is 3.01. The Morgan fingerprint density at radius 1 is 0.903 bits per heavy atom. The first kappa shape index (κ1) is 22.3. The largest absolute Gasteiger partial charge is 0.450 e. The van der Waals surface area contributed by atoms with E-state index in [2.05, 4.69) is 0 Å². The normalized spacial score (nSPS) is 22.6. The van der Waals surface area contributed by atoms with Crippen molar-refractivity contribution in [1.82, 2.24) is 0 Å². The predicted molar refractivity (Wildman–Crippen MR) is 108 cm³/mol. The van der Waals surface area contributed by atoms with Crippen molar-refractivity contribution in [2.45, 2.75) is 24.4 Å². The lowest BCUT2D eigenvalue weighted by molar-refractivity contribution is -0.222. The van der Waals surface area contributed by atoms with E-state index in [0.29, 0.717) is 11.1 Å². The van der Waals surface area contributed by atoms with Gasteiger partial charge in [0.1, 0.15) is 6.10 Å². The molecule has 6 nitrogen and oxygen atoms in total. The number of esters is 2. The summed E-state index contributed by atoms with van der Waals surface area (Å²) in [5.74, 6) is -5.98. The summed E-state index contributed by atoms with van der Waals surface area (Å²) in [6.45, 7) is -0.857. The van der Waals surface area contributed by atoms with Gasteiger partial charge in [-0.25, -0.2) is 9.59 Å². The first-order valence-electron chi connectivity index (χ1n) is 9.42. The van der Waals surface area contributed by atoms with E-state index in [9.17, 15) is 23.5 Å². The molecule has 0 amide bonds. The van der Waals surface area contributed by atoms with Crippen LogP contribution in [0, 0.1) is 0 Å². The molecule has 2 aromatic carbocycles. The highest BCUT2D eigenvalue weighted by Crippen LogP contribution is 2.39. The molecule has 0 saturated carbocycles. The molecule has 0 radical (unpaired) electrons. The van der Waals surface area contributed by atoms with E-state index in [1.54, 1.807) is 60.7 Å². The SMILES string of the molecule is O=C(C=Cc1ccccc1)OC1OC(CO)C(OC(=O)C=Cc2ccccc2)C1(F)F. The van der Waals surface area contributed by atoms with Crippen LogP contribution in [0.25, 0.3) is 12.2 Å². The number of alkyl halides is 2. The lowest BCUT2D eigenvalue weighted by atomic mass is 10.1. The Hall–Kier alpha value is -3.36. The smallest absolute Gasteiger partial charge is 0.347 e. The fraction of sp³-hybridized carbons (Fsp3) is 0.217. The van der Waals surface area contributed by atoms with Gasteiger partial charge in [0.25, 0.3) is 6.29 Å². The van der Waals surface area contributed by atoms with Gasteiger partial charge in [-0.05, 0) is 23.3 Å². The summed E-state index contributed by atoms with van der Waals surface area (Å²) in [6.07, 6.45) is -1.23. The van der Waals surface area contributed by atoms with Crippen LogP contribution in [0.3, 0.4) is 0 Å². The molecular formula is C23H20F2O6. The molecule has 3 unspecified atom stereocenters. The molecule has 31 heavy (non-hydrogen) atoms. The first-order chi connectivity index (χ1) is 14.9. The molecule has 1 heterocycles. The Kier molecular flexibility index (Phi) is 7.28. The standard InChI is InChI=1S/C23H20F2O6/c24-23(25)21(30-19(27)13-11-16-7-3-1-4-8-16)18(15-26)29-22(23)31-20(28)14-12-17-9-5-2-6-10-17/h1-14,18,21-22,26H,15H2. The molecule has 0 bridgehead atoms. The zero-order chi connectivity index (χ0) is 22.3. The molecule has 1 aliphatic rings. The van der Waals surface area contributed by atoms with Crippen LogP contribution >= 0.6 is 0 Å². The van der Waals surface area contributed by atoms with E-state index in [1.165, 1.54) is 12.2 Å². The summed E-state index contributed by atoms with van der Waals surface area (Å²) in [5, 5.41) is 9.37. The van der Waals surface area contributed by atoms with Crippen molar-refractivity contribution < 1.29 is 37.7 Å². The number of carbonyl (C=O) groups is 2. The number of benzene rings is 2. The molecule has 0 aromatic heterocycles. The van der Waals surface area contributed by atoms with Gasteiger partial charge in [-0.15, -0.1) is 0 Å². The summed E-state index contributed by atoms with van der Waals surface area (Å²) in [6, 6.07) is 17.4. The second-order valence-electron chi connectivity index (χ2n) is 6.65. The van der Waals surface area contributed by atoms with Gasteiger partial charge in [0.05, 0.1) is 6.61 Å². The second kappa shape index (κ2) is 10.1. The molecule has 3 atom stereocenters. The van der Waals surface area contributed by atoms with E-state index in [-0.39, 0.29) is 0 Å². The van der Waals surface area contributed by atoms with Crippen LogP contribution in [0.1, 0.15) is 11.1 Å². The van der Waals surface area contributed by atoms with Gasteiger partial charge < -0.3 is 19.3 Å². The van der Waals surface area contributed by atoms with Gasteiger partial charge in [0.2, 0.25) is 6.10 Å². The number of carbonyl (C=O) groups excluding carboxylic acids is 2. The maximum Gasteiger partial charge on any atom is 0.347 e. The Balaban J connectivity index is 1.64. The molecule has 0 spiro atoms. The lowest BCUT2D eigenvalue weighted by Gasteiger charge is -2.22. The van der Waals surface area contributed by atoms with E-state index in [0.717, 1.165) is 12.2 Å². The highest BCUT2D eigenvalue weighted by Gasteiger charge is 2.63. The molecule has 3 rings (SSSR count). The number of rotatable bonds is 7. The zero-order valence-corrected chi connectivity index (χ0v) is 16.3. The summed E-state index contributed by atoms with van der Waals surface area (Å²) in [5.41, 5.74) is 1.34. The molecular weight excluding hydrogens is 410 g/mol. The van der Waals surface area contributed by atoms with Crippen molar-refractivity contribution in [3.8, 4) is 0 Å². The maximum atomic E-state index is 14.7. The van der Waals surface area contributed by atoms with Crippen LogP contribution in [0.2, 0.25) is 0 Å². The minimum absolute atomic E-state index is 0.670.